The van der Waals surface area contributed by atoms with Crippen LogP contribution in [0.4, 0.5) is 4.79 Å². The van der Waals surface area contributed by atoms with Crippen LogP contribution in [0.15, 0.2) is 16.9 Å². The Morgan fingerprint density at radius 2 is 2.27 bits per heavy atom. The number of carbonyl (C=O) groups is 1. The van der Waals surface area contributed by atoms with Crippen LogP contribution < -0.4 is 10.1 Å². The molecule has 1 aliphatic rings. The lowest BCUT2D eigenvalue weighted by atomic mass is 9.96. The first-order valence-electron chi connectivity index (χ1n) is 5.23. The molecule has 1 amide bonds. The van der Waals surface area contributed by atoms with Crippen molar-refractivity contribution in [2.45, 2.75) is 38.1 Å². The van der Waals surface area contributed by atoms with Gasteiger partial charge in [-0.15, -0.1) is 0 Å². The third-order valence-corrected chi connectivity index (χ3v) is 2.54. The summed E-state index contributed by atoms with van der Waals surface area (Å²) in [6.07, 6.45) is 6.60. The van der Waals surface area contributed by atoms with Gasteiger partial charge in [0.25, 0.3) is 5.88 Å². The van der Waals surface area contributed by atoms with E-state index in [1.165, 1.54) is 31.6 Å². The zero-order chi connectivity index (χ0) is 10.5. The Morgan fingerprint density at radius 1 is 1.47 bits per heavy atom. The van der Waals surface area contributed by atoms with E-state index in [0.717, 1.165) is 12.8 Å². The predicted molar refractivity (Wildman–Crippen MR) is 52.5 cm³/mol. The Morgan fingerprint density at radius 3 is 2.93 bits per heavy atom. The molecule has 0 bridgehead atoms. The van der Waals surface area contributed by atoms with Gasteiger partial charge in [0, 0.05) is 12.1 Å². The molecule has 1 fully saturated rings. The highest BCUT2D eigenvalue weighted by molar-refractivity contribution is 5.70. The lowest BCUT2D eigenvalue weighted by molar-refractivity contribution is 0.187. The number of carbonyl (C=O) groups excluding carboxylic acids is 1. The summed E-state index contributed by atoms with van der Waals surface area (Å²) in [5.41, 5.74) is 0. The largest absolute Gasteiger partial charge is 0.414 e. The molecule has 0 aromatic carbocycles. The molecule has 0 aliphatic heterocycles. The summed E-state index contributed by atoms with van der Waals surface area (Å²) in [6, 6.07) is 1.75. The molecule has 2 rings (SSSR count). The summed E-state index contributed by atoms with van der Waals surface area (Å²) in [6.45, 7) is 0. The van der Waals surface area contributed by atoms with Crippen LogP contribution in [-0.2, 0) is 0 Å². The van der Waals surface area contributed by atoms with Gasteiger partial charge >= 0.3 is 6.09 Å². The highest BCUT2D eigenvalue weighted by Gasteiger charge is 2.17. The topological polar surface area (TPSA) is 64.4 Å². The van der Waals surface area contributed by atoms with E-state index in [1.807, 2.05) is 0 Å². The van der Waals surface area contributed by atoms with Gasteiger partial charge in [0.2, 0.25) is 0 Å². The van der Waals surface area contributed by atoms with Gasteiger partial charge in [-0.1, -0.05) is 19.3 Å². The Labute approximate surface area is 87.8 Å². The highest BCUT2D eigenvalue weighted by Crippen LogP contribution is 2.17. The number of amides is 1. The zero-order valence-electron chi connectivity index (χ0n) is 8.44. The summed E-state index contributed by atoms with van der Waals surface area (Å²) in [5.74, 6) is 0.198. The van der Waals surface area contributed by atoms with E-state index in [9.17, 15) is 4.79 Å². The fraction of sp³-hybridized carbons (Fsp3) is 0.600. The van der Waals surface area contributed by atoms with Gasteiger partial charge < -0.3 is 14.6 Å². The van der Waals surface area contributed by atoms with Crippen LogP contribution in [0.3, 0.4) is 0 Å². The quantitative estimate of drug-likeness (QED) is 0.811. The van der Waals surface area contributed by atoms with Crippen molar-refractivity contribution in [2.75, 3.05) is 0 Å². The second kappa shape index (κ2) is 4.82. The molecule has 0 spiro atoms. The maximum absolute atomic E-state index is 11.4. The SMILES string of the molecule is O=C(NC1CCCCC1)Oc1ccon1. The minimum Gasteiger partial charge on any atom is -0.388 e. The number of rotatable bonds is 2. The van der Waals surface area contributed by atoms with E-state index in [1.54, 1.807) is 0 Å². The fourth-order valence-electron chi connectivity index (χ4n) is 1.79. The van der Waals surface area contributed by atoms with E-state index >= 15 is 0 Å². The normalized spacial score (nSPS) is 17.3. The average molecular weight is 210 g/mol. The van der Waals surface area contributed by atoms with E-state index in [0.29, 0.717) is 0 Å². The molecule has 5 nitrogen and oxygen atoms in total. The number of nitrogens with one attached hydrogen (secondary N) is 1. The van der Waals surface area contributed by atoms with Crippen molar-refractivity contribution in [1.82, 2.24) is 10.5 Å². The molecule has 0 radical (unpaired) electrons. The molecule has 1 heterocycles. The minimum absolute atomic E-state index is 0.198. The summed E-state index contributed by atoms with van der Waals surface area (Å²) in [7, 11) is 0. The number of hydrogen-bond acceptors (Lipinski definition) is 4. The zero-order valence-corrected chi connectivity index (χ0v) is 8.44. The molecule has 1 aromatic heterocycles. The van der Waals surface area contributed by atoms with Crippen molar-refractivity contribution >= 4 is 6.09 Å². The van der Waals surface area contributed by atoms with Crippen molar-refractivity contribution < 1.29 is 14.1 Å². The van der Waals surface area contributed by atoms with Crippen LogP contribution in [0.5, 0.6) is 5.88 Å². The van der Waals surface area contributed by atoms with Gasteiger partial charge in [-0.2, -0.15) is 0 Å². The second-order valence-corrected chi connectivity index (χ2v) is 3.71. The molecule has 1 N–H and O–H groups in total. The Bertz CT molecular complexity index is 304. The number of aromatic nitrogens is 1. The van der Waals surface area contributed by atoms with Gasteiger partial charge in [-0.3, -0.25) is 0 Å². The molecule has 0 saturated heterocycles. The highest BCUT2D eigenvalue weighted by atomic mass is 16.6. The molecule has 1 saturated carbocycles. The van der Waals surface area contributed by atoms with Crippen LogP contribution in [-0.4, -0.2) is 17.3 Å². The molecule has 15 heavy (non-hydrogen) atoms. The van der Waals surface area contributed by atoms with Crippen LogP contribution in [0, 0.1) is 0 Å². The van der Waals surface area contributed by atoms with Crippen molar-refractivity contribution in [3.05, 3.63) is 12.3 Å². The van der Waals surface area contributed by atoms with Crippen LogP contribution in [0.25, 0.3) is 0 Å². The van der Waals surface area contributed by atoms with E-state index in [-0.39, 0.29) is 11.9 Å². The molecule has 1 aliphatic carbocycles. The second-order valence-electron chi connectivity index (χ2n) is 3.71. The molecular weight excluding hydrogens is 196 g/mol. The van der Waals surface area contributed by atoms with Crippen LogP contribution in [0.1, 0.15) is 32.1 Å². The van der Waals surface area contributed by atoms with E-state index in [2.05, 4.69) is 15.0 Å². The van der Waals surface area contributed by atoms with Gasteiger partial charge in [0.15, 0.2) is 0 Å². The van der Waals surface area contributed by atoms with Gasteiger partial charge in [0.05, 0.1) is 0 Å². The predicted octanol–water partition coefficient (Wildman–Crippen LogP) is 2.10. The third-order valence-electron chi connectivity index (χ3n) is 2.54. The minimum atomic E-state index is -0.448. The number of nitrogens with zero attached hydrogens (tertiary/aromatic N) is 1. The van der Waals surface area contributed by atoms with Crippen LogP contribution >= 0.6 is 0 Å². The smallest absolute Gasteiger partial charge is 0.388 e. The lowest BCUT2D eigenvalue weighted by Crippen LogP contribution is -2.38. The first kappa shape index (κ1) is 10.0. The van der Waals surface area contributed by atoms with Crippen LogP contribution in [0.2, 0.25) is 0 Å². The van der Waals surface area contributed by atoms with Gasteiger partial charge in [-0.05, 0) is 18.0 Å². The molecule has 5 heteroatoms. The van der Waals surface area contributed by atoms with Gasteiger partial charge in [-0.25, -0.2) is 4.79 Å². The fourth-order valence-corrected chi connectivity index (χ4v) is 1.79. The molecule has 1 aromatic rings. The maximum Gasteiger partial charge on any atom is 0.414 e. The first-order valence-corrected chi connectivity index (χ1v) is 5.23. The van der Waals surface area contributed by atoms with E-state index < -0.39 is 6.09 Å². The number of ether oxygens (including phenoxy) is 1. The van der Waals surface area contributed by atoms with Gasteiger partial charge in [0.1, 0.15) is 6.26 Å². The third kappa shape index (κ3) is 2.97. The monoisotopic (exact) mass is 210 g/mol. The van der Waals surface area contributed by atoms with Crippen molar-refractivity contribution in [3.8, 4) is 5.88 Å². The summed E-state index contributed by atoms with van der Waals surface area (Å²) in [5, 5.41) is 6.31. The Kier molecular flexibility index (Phi) is 3.22. The molecule has 0 unspecified atom stereocenters. The lowest BCUT2D eigenvalue weighted by Gasteiger charge is -2.21. The first-order chi connectivity index (χ1) is 7.34. The van der Waals surface area contributed by atoms with Crippen molar-refractivity contribution in [1.29, 1.82) is 0 Å². The van der Waals surface area contributed by atoms with Crippen molar-refractivity contribution in [2.24, 2.45) is 0 Å². The molecule has 82 valence electrons. The summed E-state index contributed by atoms with van der Waals surface area (Å²) >= 11 is 0. The molecule has 0 atom stereocenters. The summed E-state index contributed by atoms with van der Waals surface area (Å²) < 4.78 is 9.45. The Hall–Kier alpha value is -1.52. The maximum atomic E-state index is 11.4. The summed E-state index contributed by atoms with van der Waals surface area (Å²) in [4.78, 5) is 11.4. The number of hydrogen-bond donors (Lipinski definition) is 1. The molecular formula is C10H14N2O3. The Balaban J connectivity index is 1.76. The standard InChI is InChI=1S/C10H14N2O3/c13-10(15-9-6-7-14-12-9)11-8-4-2-1-3-5-8/h6-8H,1-5H2,(H,11,13). The van der Waals surface area contributed by atoms with Crippen molar-refractivity contribution in [3.63, 3.8) is 0 Å². The average Bonchev–Trinajstić information content (AvgIpc) is 2.71. The van der Waals surface area contributed by atoms with E-state index in [4.69, 9.17) is 4.74 Å².